The molecule has 8 nitrogen and oxygen atoms in total. The molecule has 0 radical (unpaired) electrons. The largest absolute Gasteiger partial charge is 0.394 e. The predicted octanol–water partition coefficient (Wildman–Crippen LogP) is 5.60. The van der Waals surface area contributed by atoms with Gasteiger partial charge < -0.3 is 24.5 Å². The molecule has 1 aromatic carbocycles. The summed E-state index contributed by atoms with van der Waals surface area (Å²) in [6, 6.07) is 8.21. The third-order valence-corrected chi connectivity index (χ3v) is 10.6. The second kappa shape index (κ2) is 13.3. The van der Waals surface area contributed by atoms with E-state index in [1.807, 2.05) is 56.0 Å². The average molecular weight is 636 g/mol. The van der Waals surface area contributed by atoms with E-state index in [-0.39, 0.29) is 35.7 Å². The fourth-order valence-corrected chi connectivity index (χ4v) is 8.98. The summed E-state index contributed by atoms with van der Waals surface area (Å²) in [5.74, 6) is -2.36. The van der Waals surface area contributed by atoms with E-state index in [2.05, 4.69) is 47.8 Å². The summed E-state index contributed by atoms with van der Waals surface area (Å²) in [6.45, 7) is 25.1. The molecule has 3 amide bonds. The Hall–Kier alpha value is -2.97. The van der Waals surface area contributed by atoms with E-state index in [9.17, 15) is 14.7 Å². The number of benzene rings is 1. The van der Waals surface area contributed by atoms with Gasteiger partial charge in [-0.15, -0.1) is 13.2 Å². The third-order valence-electron chi connectivity index (χ3n) is 10.6. The molecule has 2 bridgehead atoms. The first kappa shape index (κ1) is 35.9. The number of hydrogen-bond donors (Lipinski definition) is 1. The number of aliphatic hydroxyl groups is 1. The van der Waals surface area contributed by atoms with Crippen LogP contribution >= 0.6 is 0 Å². The van der Waals surface area contributed by atoms with Crippen molar-refractivity contribution in [2.24, 2.45) is 23.2 Å². The molecule has 1 aromatic rings. The minimum atomic E-state index is -1.18. The van der Waals surface area contributed by atoms with Gasteiger partial charge in [0.2, 0.25) is 17.7 Å². The molecule has 0 aliphatic carbocycles. The zero-order chi connectivity index (χ0) is 34.2. The van der Waals surface area contributed by atoms with Crippen LogP contribution < -0.4 is 0 Å². The molecule has 3 aliphatic rings. The van der Waals surface area contributed by atoms with Crippen molar-refractivity contribution < 1.29 is 24.2 Å². The molecule has 3 saturated heterocycles. The van der Waals surface area contributed by atoms with Gasteiger partial charge in [-0.2, -0.15) is 0 Å². The molecule has 1 N–H and O–H groups in total. The van der Waals surface area contributed by atoms with Crippen molar-refractivity contribution in [3.8, 4) is 0 Å². The maximum Gasteiger partial charge on any atom is 0.249 e. The Morgan fingerprint density at radius 2 is 1.70 bits per heavy atom. The predicted molar refractivity (Wildman–Crippen MR) is 182 cm³/mol. The van der Waals surface area contributed by atoms with Gasteiger partial charge in [0.05, 0.1) is 30.1 Å². The number of amides is 3. The minimum absolute atomic E-state index is 0.0692. The van der Waals surface area contributed by atoms with Crippen LogP contribution in [-0.4, -0.2) is 86.0 Å². The Balaban J connectivity index is 1.86. The van der Waals surface area contributed by atoms with Crippen molar-refractivity contribution in [3.63, 3.8) is 0 Å². The molecule has 0 saturated carbocycles. The highest BCUT2D eigenvalue weighted by Gasteiger charge is 2.79. The van der Waals surface area contributed by atoms with Gasteiger partial charge >= 0.3 is 0 Å². The maximum absolute atomic E-state index is 15.2. The van der Waals surface area contributed by atoms with Gasteiger partial charge in [-0.3, -0.25) is 14.4 Å². The highest BCUT2D eigenvalue weighted by molar-refractivity contribution is 5.99. The second-order valence-corrected chi connectivity index (χ2v) is 15.9. The van der Waals surface area contributed by atoms with Crippen molar-refractivity contribution in [1.82, 2.24) is 14.7 Å². The number of carbonyl (C=O) groups excluding carboxylic acids is 3. The van der Waals surface area contributed by atoms with Gasteiger partial charge in [-0.05, 0) is 56.4 Å². The molecule has 4 rings (SSSR count). The van der Waals surface area contributed by atoms with Crippen molar-refractivity contribution in [1.29, 1.82) is 0 Å². The van der Waals surface area contributed by atoms with Crippen LogP contribution in [0.1, 0.15) is 86.6 Å². The summed E-state index contributed by atoms with van der Waals surface area (Å²) < 4.78 is 7.09. The molecule has 0 aromatic heterocycles. The van der Waals surface area contributed by atoms with E-state index in [1.54, 1.807) is 22.0 Å². The zero-order valence-electron chi connectivity index (χ0n) is 29.4. The molecule has 254 valence electrons. The lowest BCUT2D eigenvalue weighted by Crippen LogP contribution is -2.63. The molecule has 1 spiro atoms. The Morgan fingerprint density at radius 1 is 1.07 bits per heavy atom. The molecule has 3 aliphatic heterocycles. The number of nitrogens with zero attached hydrogens (tertiary/aromatic N) is 3. The van der Waals surface area contributed by atoms with Gasteiger partial charge in [0, 0.05) is 25.2 Å². The van der Waals surface area contributed by atoms with E-state index in [0.717, 1.165) is 12.0 Å². The average Bonchev–Trinajstić information content (AvgIpc) is 3.58. The standard InChI is InChI=1S/C38H57N3O5/c1-11-21-39(23-27-17-15-14-16-18-27)32(43)29-30-33(44)41(28(24-42)26(4)5)31(38(30)20-19-37(29,13-3)46-38)34(45)40(22-12-2)36(9,10)25-35(6,7)8/h11-12,14-18,26,28-31,42H,1-2,13,19-25H2,3-10H3/t28-,29-,30-,31?,37+,38?/m0/s1. The van der Waals surface area contributed by atoms with Crippen molar-refractivity contribution in [3.05, 3.63) is 61.2 Å². The van der Waals surface area contributed by atoms with Gasteiger partial charge in [0.25, 0.3) is 0 Å². The fraction of sp³-hybridized carbons (Fsp3) is 0.658. The molecule has 3 heterocycles. The number of rotatable bonds is 14. The third kappa shape index (κ3) is 6.19. The van der Waals surface area contributed by atoms with E-state index < -0.39 is 40.7 Å². The van der Waals surface area contributed by atoms with E-state index >= 15 is 4.79 Å². The van der Waals surface area contributed by atoms with Crippen LogP contribution in [0.25, 0.3) is 0 Å². The monoisotopic (exact) mass is 635 g/mol. The van der Waals surface area contributed by atoms with Crippen molar-refractivity contribution >= 4 is 17.7 Å². The Kier molecular flexibility index (Phi) is 10.3. The molecule has 3 fully saturated rings. The van der Waals surface area contributed by atoms with Gasteiger partial charge in [0.1, 0.15) is 11.6 Å². The second-order valence-electron chi connectivity index (χ2n) is 15.9. The summed E-state index contributed by atoms with van der Waals surface area (Å²) in [7, 11) is 0. The van der Waals surface area contributed by atoms with E-state index in [1.165, 1.54) is 0 Å². The number of aliphatic hydroxyl groups excluding tert-OH is 1. The first-order valence-corrected chi connectivity index (χ1v) is 17.0. The summed E-state index contributed by atoms with van der Waals surface area (Å²) in [4.78, 5) is 50.0. The number of carbonyl (C=O) groups is 3. The van der Waals surface area contributed by atoms with Gasteiger partial charge in [-0.25, -0.2) is 0 Å². The highest BCUT2D eigenvalue weighted by Crippen LogP contribution is 2.65. The van der Waals surface area contributed by atoms with Crippen molar-refractivity contribution in [2.45, 2.75) is 116 Å². The smallest absolute Gasteiger partial charge is 0.249 e. The quantitative estimate of drug-likeness (QED) is 0.269. The van der Waals surface area contributed by atoms with Gasteiger partial charge in [0.15, 0.2) is 0 Å². The number of fused-ring (bicyclic) bond motifs is 1. The summed E-state index contributed by atoms with van der Waals surface area (Å²) >= 11 is 0. The Labute approximate surface area is 276 Å². The molecular weight excluding hydrogens is 578 g/mol. The first-order chi connectivity index (χ1) is 21.5. The first-order valence-electron chi connectivity index (χ1n) is 17.0. The Morgan fingerprint density at radius 3 is 2.22 bits per heavy atom. The summed E-state index contributed by atoms with van der Waals surface area (Å²) in [5.41, 5.74) is -1.70. The van der Waals surface area contributed by atoms with Crippen LogP contribution in [-0.2, 0) is 25.7 Å². The van der Waals surface area contributed by atoms with Crippen LogP contribution in [0.4, 0.5) is 0 Å². The molecule has 6 atom stereocenters. The van der Waals surface area contributed by atoms with Crippen LogP contribution in [0.5, 0.6) is 0 Å². The van der Waals surface area contributed by atoms with Gasteiger partial charge in [-0.1, -0.05) is 84.0 Å². The topological polar surface area (TPSA) is 90.4 Å². The van der Waals surface area contributed by atoms with Crippen molar-refractivity contribution in [2.75, 3.05) is 19.7 Å². The van der Waals surface area contributed by atoms with E-state index in [4.69, 9.17) is 4.74 Å². The van der Waals surface area contributed by atoms with E-state index in [0.29, 0.717) is 38.9 Å². The highest BCUT2D eigenvalue weighted by atomic mass is 16.5. The molecule has 46 heavy (non-hydrogen) atoms. The fourth-order valence-electron chi connectivity index (χ4n) is 8.98. The summed E-state index contributed by atoms with van der Waals surface area (Å²) in [6.07, 6.45) is 5.78. The lowest BCUT2D eigenvalue weighted by Gasteiger charge is -2.47. The molecule has 2 unspecified atom stereocenters. The Bertz CT molecular complexity index is 1300. The van der Waals surface area contributed by atoms with Crippen LogP contribution in [0.2, 0.25) is 0 Å². The zero-order valence-corrected chi connectivity index (χ0v) is 29.4. The molecular formula is C38H57N3O5. The van der Waals surface area contributed by atoms with Crippen LogP contribution in [0.3, 0.4) is 0 Å². The van der Waals surface area contributed by atoms with Crippen LogP contribution in [0.15, 0.2) is 55.6 Å². The lowest BCUT2D eigenvalue weighted by molar-refractivity contribution is -0.162. The number of likely N-dealkylation sites (tertiary alicyclic amines) is 1. The molecule has 8 heteroatoms. The summed E-state index contributed by atoms with van der Waals surface area (Å²) in [5, 5.41) is 10.7. The normalized spacial score (nSPS) is 27.9. The SMILES string of the molecule is C=CCN(Cc1ccccc1)C(=O)[C@@H]1[C@H]2C(=O)N([C@@H](CO)C(C)C)C(C(=O)N(CC=C)C(C)(C)CC(C)(C)C)C23CC[C@@]1(CC)O3. The maximum atomic E-state index is 15.2. The number of ether oxygens (including phenoxy) is 1. The van der Waals surface area contributed by atoms with Crippen LogP contribution in [0, 0.1) is 23.2 Å². The lowest BCUT2D eigenvalue weighted by atomic mass is 9.64. The number of hydrogen-bond acceptors (Lipinski definition) is 5. The minimum Gasteiger partial charge on any atom is -0.394 e.